The second-order valence-electron chi connectivity index (χ2n) is 4.98. The van der Waals surface area contributed by atoms with Gasteiger partial charge in [0.1, 0.15) is 0 Å². The van der Waals surface area contributed by atoms with E-state index in [1.54, 1.807) is 0 Å². The SMILES string of the molecule is Cc1ccccc1CSCCNC1CCCNC1.Cl.Cl. The molecule has 2 nitrogen and oxygen atoms in total. The number of halogens is 2. The zero-order chi connectivity index (χ0) is 12.6. The Kier molecular flexibility index (Phi) is 11.7. The molecule has 1 unspecified atom stereocenters. The first-order chi connectivity index (χ1) is 8.86. The zero-order valence-electron chi connectivity index (χ0n) is 12.1. The molecule has 5 heteroatoms. The molecular weight excluding hydrogens is 311 g/mol. The number of rotatable bonds is 6. The molecule has 0 spiro atoms. The van der Waals surface area contributed by atoms with Crippen LogP contribution in [0, 0.1) is 6.92 Å². The Morgan fingerprint density at radius 1 is 1.30 bits per heavy atom. The molecule has 1 aromatic rings. The topological polar surface area (TPSA) is 24.1 Å². The largest absolute Gasteiger partial charge is 0.315 e. The quantitative estimate of drug-likeness (QED) is 0.778. The molecule has 1 aliphatic heterocycles. The van der Waals surface area contributed by atoms with Gasteiger partial charge in [-0.25, -0.2) is 0 Å². The number of hydrogen-bond acceptors (Lipinski definition) is 3. The first-order valence-electron chi connectivity index (χ1n) is 6.92. The molecule has 1 heterocycles. The van der Waals surface area contributed by atoms with Gasteiger partial charge in [0.05, 0.1) is 0 Å². The van der Waals surface area contributed by atoms with Crippen molar-refractivity contribution in [3.8, 4) is 0 Å². The van der Waals surface area contributed by atoms with E-state index in [0.29, 0.717) is 6.04 Å². The number of aryl methyl sites for hydroxylation is 1. The van der Waals surface area contributed by atoms with E-state index in [1.165, 1.54) is 36.3 Å². The molecule has 116 valence electrons. The Hall–Kier alpha value is 0.0700. The molecule has 0 bridgehead atoms. The summed E-state index contributed by atoms with van der Waals surface area (Å²) < 4.78 is 0. The second-order valence-corrected chi connectivity index (χ2v) is 6.08. The fourth-order valence-electron chi connectivity index (χ4n) is 2.32. The molecule has 0 aromatic heterocycles. The first kappa shape index (κ1) is 20.1. The summed E-state index contributed by atoms with van der Waals surface area (Å²) in [5.74, 6) is 2.34. The van der Waals surface area contributed by atoms with Crippen molar-refractivity contribution < 1.29 is 0 Å². The Morgan fingerprint density at radius 2 is 2.10 bits per heavy atom. The molecule has 0 aliphatic carbocycles. The standard InChI is InChI=1S/C15H24N2S.2ClH/c1-13-5-2-3-6-14(13)12-18-10-9-17-15-7-4-8-16-11-15;;/h2-3,5-6,15-17H,4,7-12H2,1H3;2*1H. The van der Waals surface area contributed by atoms with Gasteiger partial charge in [-0.2, -0.15) is 11.8 Å². The molecule has 1 aliphatic rings. The van der Waals surface area contributed by atoms with Gasteiger partial charge >= 0.3 is 0 Å². The van der Waals surface area contributed by atoms with E-state index in [9.17, 15) is 0 Å². The van der Waals surface area contributed by atoms with Crippen molar-refractivity contribution in [2.45, 2.75) is 31.6 Å². The van der Waals surface area contributed by atoms with Gasteiger partial charge in [0.2, 0.25) is 0 Å². The smallest absolute Gasteiger partial charge is 0.0193 e. The molecule has 2 N–H and O–H groups in total. The molecule has 20 heavy (non-hydrogen) atoms. The number of benzene rings is 1. The van der Waals surface area contributed by atoms with E-state index in [2.05, 4.69) is 41.8 Å². The number of nitrogens with one attached hydrogen (secondary N) is 2. The minimum absolute atomic E-state index is 0. The van der Waals surface area contributed by atoms with Gasteiger partial charge in [-0.3, -0.25) is 0 Å². The summed E-state index contributed by atoms with van der Waals surface area (Å²) in [6.07, 6.45) is 2.64. The Morgan fingerprint density at radius 3 is 2.80 bits per heavy atom. The van der Waals surface area contributed by atoms with Crippen LogP contribution < -0.4 is 10.6 Å². The third-order valence-corrected chi connectivity index (χ3v) is 4.50. The molecule has 0 amide bonds. The van der Waals surface area contributed by atoms with Crippen molar-refractivity contribution >= 4 is 36.6 Å². The normalized spacial score (nSPS) is 17.9. The lowest BCUT2D eigenvalue weighted by atomic mass is 10.1. The minimum atomic E-state index is 0. The average Bonchev–Trinajstić information content (AvgIpc) is 2.42. The molecule has 2 rings (SSSR count). The van der Waals surface area contributed by atoms with Crippen LogP contribution in [0.4, 0.5) is 0 Å². The minimum Gasteiger partial charge on any atom is -0.315 e. The highest BCUT2D eigenvalue weighted by Gasteiger charge is 2.10. The summed E-state index contributed by atoms with van der Waals surface area (Å²) in [4.78, 5) is 0. The molecule has 1 aromatic carbocycles. The Bertz CT molecular complexity index is 357. The third kappa shape index (κ3) is 7.19. The number of thioether (sulfide) groups is 1. The maximum Gasteiger partial charge on any atom is 0.0193 e. The van der Waals surface area contributed by atoms with Crippen LogP contribution in [0.1, 0.15) is 24.0 Å². The van der Waals surface area contributed by atoms with Gasteiger partial charge in [0.25, 0.3) is 0 Å². The monoisotopic (exact) mass is 336 g/mol. The molecular formula is C15H26Cl2N2S. The van der Waals surface area contributed by atoms with Gasteiger partial charge in [-0.05, 0) is 37.4 Å². The highest BCUT2D eigenvalue weighted by molar-refractivity contribution is 7.98. The van der Waals surface area contributed by atoms with E-state index in [1.807, 2.05) is 11.8 Å². The first-order valence-corrected chi connectivity index (χ1v) is 8.08. The van der Waals surface area contributed by atoms with Crippen LogP contribution in [0.25, 0.3) is 0 Å². The van der Waals surface area contributed by atoms with Crippen LogP contribution in [-0.2, 0) is 5.75 Å². The fraction of sp³-hybridized carbons (Fsp3) is 0.600. The summed E-state index contributed by atoms with van der Waals surface area (Å²) in [5, 5.41) is 7.08. The zero-order valence-corrected chi connectivity index (χ0v) is 14.5. The molecule has 0 radical (unpaired) electrons. The van der Waals surface area contributed by atoms with Crippen molar-refractivity contribution in [3.05, 3.63) is 35.4 Å². The van der Waals surface area contributed by atoms with Crippen LogP contribution >= 0.6 is 36.6 Å². The van der Waals surface area contributed by atoms with Crippen molar-refractivity contribution in [3.63, 3.8) is 0 Å². The molecule has 0 saturated carbocycles. The third-order valence-electron chi connectivity index (χ3n) is 3.50. The second kappa shape index (κ2) is 11.7. The Balaban J connectivity index is 0.00000180. The van der Waals surface area contributed by atoms with Crippen LogP contribution in [0.2, 0.25) is 0 Å². The molecule has 1 fully saturated rings. The predicted octanol–water partition coefficient (Wildman–Crippen LogP) is 3.41. The van der Waals surface area contributed by atoms with E-state index < -0.39 is 0 Å². The molecule has 1 saturated heterocycles. The summed E-state index contributed by atoms with van der Waals surface area (Å²) >= 11 is 2.03. The Labute approximate surface area is 139 Å². The van der Waals surface area contributed by atoms with E-state index >= 15 is 0 Å². The van der Waals surface area contributed by atoms with Crippen LogP contribution in [0.15, 0.2) is 24.3 Å². The van der Waals surface area contributed by atoms with Crippen LogP contribution in [-0.4, -0.2) is 31.4 Å². The van der Waals surface area contributed by atoms with E-state index in [0.717, 1.165) is 18.8 Å². The highest BCUT2D eigenvalue weighted by atomic mass is 35.5. The summed E-state index contributed by atoms with van der Waals surface area (Å²) in [5.41, 5.74) is 2.89. The van der Waals surface area contributed by atoms with Gasteiger partial charge in [-0.1, -0.05) is 24.3 Å². The lowest BCUT2D eigenvalue weighted by molar-refractivity contribution is 0.398. The highest BCUT2D eigenvalue weighted by Crippen LogP contribution is 2.15. The molecule has 1 atom stereocenters. The number of piperidine rings is 1. The van der Waals surface area contributed by atoms with Gasteiger partial charge in [-0.15, -0.1) is 24.8 Å². The van der Waals surface area contributed by atoms with Crippen molar-refractivity contribution in [1.29, 1.82) is 0 Å². The van der Waals surface area contributed by atoms with Crippen LogP contribution in [0.3, 0.4) is 0 Å². The van der Waals surface area contributed by atoms with Gasteiger partial charge in [0.15, 0.2) is 0 Å². The summed E-state index contributed by atoms with van der Waals surface area (Å²) in [6, 6.07) is 9.37. The summed E-state index contributed by atoms with van der Waals surface area (Å²) in [6.45, 7) is 5.66. The fourth-order valence-corrected chi connectivity index (χ4v) is 3.27. The van der Waals surface area contributed by atoms with E-state index in [4.69, 9.17) is 0 Å². The van der Waals surface area contributed by atoms with Crippen molar-refractivity contribution in [2.24, 2.45) is 0 Å². The van der Waals surface area contributed by atoms with Gasteiger partial charge in [0, 0.05) is 30.6 Å². The lowest BCUT2D eigenvalue weighted by Crippen LogP contribution is -2.43. The predicted molar refractivity (Wildman–Crippen MR) is 95.7 cm³/mol. The summed E-state index contributed by atoms with van der Waals surface area (Å²) in [7, 11) is 0. The maximum atomic E-state index is 3.64. The van der Waals surface area contributed by atoms with Crippen molar-refractivity contribution in [2.75, 3.05) is 25.4 Å². The van der Waals surface area contributed by atoms with Gasteiger partial charge < -0.3 is 10.6 Å². The lowest BCUT2D eigenvalue weighted by Gasteiger charge is -2.23. The average molecular weight is 337 g/mol. The van der Waals surface area contributed by atoms with Crippen LogP contribution in [0.5, 0.6) is 0 Å². The van der Waals surface area contributed by atoms with E-state index in [-0.39, 0.29) is 24.8 Å². The number of hydrogen-bond donors (Lipinski definition) is 2. The van der Waals surface area contributed by atoms with Crippen molar-refractivity contribution in [1.82, 2.24) is 10.6 Å². The maximum absolute atomic E-state index is 3.64.